The molecule has 1 aliphatic heterocycles. The molecule has 0 amide bonds. The van der Waals surface area contributed by atoms with Crippen LogP contribution in [0.2, 0.25) is 0 Å². The van der Waals surface area contributed by atoms with E-state index in [1.165, 1.54) is 12.1 Å². The first-order valence-corrected chi connectivity index (χ1v) is 6.55. The Balaban J connectivity index is 2.34. The number of hydrogen-bond acceptors (Lipinski definition) is 2. The highest BCUT2D eigenvalue weighted by molar-refractivity contribution is 5.31. The topological polar surface area (TPSA) is 21.3 Å². The van der Waals surface area contributed by atoms with Gasteiger partial charge >= 0.3 is 6.18 Å². The zero-order valence-corrected chi connectivity index (χ0v) is 11.1. The molecular formula is C14H17F4NO. The second kappa shape index (κ2) is 6.10. The second-order valence-electron chi connectivity index (χ2n) is 4.92. The lowest BCUT2D eigenvalue weighted by molar-refractivity contribution is -0.140. The van der Waals surface area contributed by atoms with Crippen molar-refractivity contribution < 1.29 is 22.3 Å². The summed E-state index contributed by atoms with van der Waals surface area (Å²) < 4.78 is 57.7. The summed E-state index contributed by atoms with van der Waals surface area (Å²) in [6.07, 6.45) is -3.25. The average molecular weight is 291 g/mol. The summed E-state index contributed by atoms with van der Waals surface area (Å²) in [4.78, 5) is 0. The van der Waals surface area contributed by atoms with Crippen LogP contribution in [-0.4, -0.2) is 20.3 Å². The van der Waals surface area contributed by atoms with E-state index in [9.17, 15) is 17.6 Å². The lowest BCUT2D eigenvalue weighted by Crippen LogP contribution is -2.31. The lowest BCUT2D eigenvalue weighted by atomic mass is 9.86. The van der Waals surface area contributed by atoms with Crippen LogP contribution in [0, 0.1) is 11.7 Å². The van der Waals surface area contributed by atoms with Gasteiger partial charge in [0.05, 0.1) is 5.56 Å². The maximum Gasteiger partial charge on any atom is 0.419 e. The molecule has 1 saturated heterocycles. The van der Waals surface area contributed by atoms with Crippen molar-refractivity contribution in [2.24, 2.45) is 5.92 Å². The summed E-state index contributed by atoms with van der Waals surface area (Å²) in [5, 5.41) is 2.94. The molecule has 20 heavy (non-hydrogen) atoms. The van der Waals surface area contributed by atoms with Crippen LogP contribution in [-0.2, 0) is 10.9 Å². The smallest absolute Gasteiger partial charge is 0.381 e. The Morgan fingerprint density at radius 3 is 2.45 bits per heavy atom. The molecule has 2 nitrogen and oxygen atoms in total. The van der Waals surface area contributed by atoms with Gasteiger partial charge in [0.25, 0.3) is 0 Å². The third kappa shape index (κ3) is 3.12. The van der Waals surface area contributed by atoms with Gasteiger partial charge in [0.15, 0.2) is 0 Å². The van der Waals surface area contributed by atoms with Crippen molar-refractivity contribution in [2.75, 3.05) is 20.3 Å². The number of ether oxygens (including phenoxy) is 1. The molecule has 1 heterocycles. The normalized spacial score (nSPS) is 19.1. The van der Waals surface area contributed by atoms with Crippen LogP contribution in [0.25, 0.3) is 0 Å². The molecule has 0 saturated carbocycles. The molecule has 0 spiro atoms. The first-order chi connectivity index (χ1) is 9.45. The summed E-state index contributed by atoms with van der Waals surface area (Å²) in [5.41, 5.74) is -1.13. The summed E-state index contributed by atoms with van der Waals surface area (Å²) in [7, 11) is 1.64. The van der Waals surface area contributed by atoms with Crippen LogP contribution in [0.5, 0.6) is 0 Å². The monoisotopic (exact) mass is 291 g/mol. The van der Waals surface area contributed by atoms with Crippen LogP contribution in [0.1, 0.15) is 30.0 Å². The maximum atomic E-state index is 14.2. The highest BCUT2D eigenvalue weighted by atomic mass is 19.4. The fourth-order valence-corrected chi connectivity index (χ4v) is 2.70. The summed E-state index contributed by atoms with van der Waals surface area (Å²) in [5.74, 6) is -1.10. The van der Waals surface area contributed by atoms with Crippen molar-refractivity contribution in [1.82, 2.24) is 5.32 Å². The minimum absolute atomic E-state index is 0.0757. The van der Waals surface area contributed by atoms with Gasteiger partial charge in [-0.05, 0) is 31.9 Å². The minimum atomic E-state index is -4.67. The van der Waals surface area contributed by atoms with Gasteiger partial charge in [-0.2, -0.15) is 13.2 Å². The molecule has 0 aliphatic carbocycles. The highest BCUT2D eigenvalue weighted by Crippen LogP contribution is 2.37. The van der Waals surface area contributed by atoms with Gasteiger partial charge < -0.3 is 10.1 Å². The second-order valence-corrected chi connectivity index (χ2v) is 4.92. The first kappa shape index (κ1) is 15.3. The number of rotatable bonds is 3. The Kier molecular flexibility index (Phi) is 4.65. The largest absolute Gasteiger partial charge is 0.419 e. The van der Waals surface area contributed by atoms with Gasteiger partial charge in [-0.3, -0.25) is 0 Å². The number of alkyl halides is 3. The highest BCUT2D eigenvalue weighted by Gasteiger charge is 2.36. The standard InChI is InChI=1S/C14H17F4NO/c1-19-13(9-5-7-20-8-6-9)10-3-2-4-11(12(10)15)14(16,17)18/h2-4,9,13,19H,5-8H2,1H3. The van der Waals surface area contributed by atoms with Crippen molar-refractivity contribution in [3.63, 3.8) is 0 Å². The van der Waals surface area contributed by atoms with Crippen molar-refractivity contribution in [3.8, 4) is 0 Å². The molecule has 1 fully saturated rings. The van der Waals surface area contributed by atoms with E-state index in [0.717, 1.165) is 6.07 Å². The summed E-state index contributed by atoms with van der Waals surface area (Å²) in [6, 6.07) is 3.02. The molecule has 1 unspecified atom stereocenters. The molecular weight excluding hydrogens is 274 g/mol. The Morgan fingerprint density at radius 2 is 1.90 bits per heavy atom. The number of hydrogen-bond donors (Lipinski definition) is 1. The van der Waals surface area contributed by atoms with E-state index in [4.69, 9.17) is 4.74 Å². The molecule has 1 aromatic carbocycles. The predicted molar refractivity (Wildman–Crippen MR) is 66.7 cm³/mol. The van der Waals surface area contributed by atoms with Gasteiger partial charge in [-0.25, -0.2) is 4.39 Å². The summed E-state index contributed by atoms with van der Waals surface area (Å²) in [6.45, 7) is 1.12. The first-order valence-electron chi connectivity index (χ1n) is 6.55. The fourth-order valence-electron chi connectivity index (χ4n) is 2.70. The van der Waals surface area contributed by atoms with E-state index in [0.29, 0.717) is 26.1 Å². The van der Waals surface area contributed by atoms with Crippen molar-refractivity contribution in [3.05, 3.63) is 35.1 Å². The predicted octanol–water partition coefficient (Wildman–Crippen LogP) is 3.53. The van der Waals surface area contributed by atoms with E-state index in [1.54, 1.807) is 7.05 Å². The molecule has 0 aromatic heterocycles. The molecule has 0 bridgehead atoms. The average Bonchev–Trinajstić information content (AvgIpc) is 2.41. The third-order valence-corrected chi connectivity index (χ3v) is 3.72. The lowest BCUT2D eigenvalue weighted by Gasteiger charge is -2.31. The van der Waals surface area contributed by atoms with Gasteiger partial charge in [0.2, 0.25) is 0 Å². The molecule has 1 aliphatic rings. The van der Waals surface area contributed by atoms with Crippen LogP contribution >= 0.6 is 0 Å². The van der Waals surface area contributed by atoms with Gasteiger partial charge in [-0.15, -0.1) is 0 Å². The maximum absolute atomic E-state index is 14.2. The third-order valence-electron chi connectivity index (χ3n) is 3.72. The SMILES string of the molecule is CNC(c1cccc(C(F)(F)F)c1F)C1CCOCC1. The van der Waals surface area contributed by atoms with Gasteiger partial charge in [0, 0.05) is 24.8 Å². The van der Waals surface area contributed by atoms with Gasteiger partial charge in [-0.1, -0.05) is 12.1 Å². The Hall–Kier alpha value is -1.14. The Bertz CT molecular complexity index is 455. The minimum Gasteiger partial charge on any atom is -0.381 e. The molecule has 112 valence electrons. The van der Waals surface area contributed by atoms with Crippen LogP contribution in [0.3, 0.4) is 0 Å². The number of nitrogens with one attached hydrogen (secondary N) is 1. The van der Waals surface area contributed by atoms with E-state index in [2.05, 4.69) is 5.32 Å². The van der Waals surface area contributed by atoms with E-state index >= 15 is 0 Å². The zero-order chi connectivity index (χ0) is 14.8. The van der Waals surface area contributed by atoms with Crippen molar-refractivity contribution >= 4 is 0 Å². The molecule has 6 heteroatoms. The molecule has 2 rings (SSSR count). The zero-order valence-electron chi connectivity index (χ0n) is 11.1. The van der Waals surface area contributed by atoms with E-state index in [1.807, 2.05) is 0 Å². The van der Waals surface area contributed by atoms with Crippen LogP contribution in [0.15, 0.2) is 18.2 Å². The molecule has 1 aromatic rings. The van der Waals surface area contributed by atoms with Crippen LogP contribution < -0.4 is 5.32 Å². The van der Waals surface area contributed by atoms with E-state index < -0.39 is 23.6 Å². The summed E-state index contributed by atoms with van der Waals surface area (Å²) >= 11 is 0. The molecule has 0 radical (unpaired) electrons. The number of halogens is 4. The quantitative estimate of drug-likeness (QED) is 0.860. The van der Waals surface area contributed by atoms with Crippen LogP contribution in [0.4, 0.5) is 17.6 Å². The van der Waals surface area contributed by atoms with Crippen molar-refractivity contribution in [1.29, 1.82) is 0 Å². The van der Waals surface area contributed by atoms with E-state index in [-0.39, 0.29) is 11.5 Å². The number of benzene rings is 1. The fraction of sp³-hybridized carbons (Fsp3) is 0.571. The molecule has 1 atom stereocenters. The van der Waals surface area contributed by atoms with Gasteiger partial charge in [0.1, 0.15) is 5.82 Å². The van der Waals surface area contributed by atoms with Crippen molar-refractivity contribution in [2.45, 2.75) is 25.1 Å². The molecule has 1 N–H and O–H groups in total. The Labute approximate surface area is 115 Å². The Morgan fingerprint density at radius 1 is 1.25 bits per heavy atom.